The van der Waals surface area contributed by atoms with Crippen molar-refractivity contribution in [3.05, 3.63) is 64.7 Å². The summed E-state index contributed by atoms with van der Waals surface area (Å²) in [6, 6.07) is 16.3. The molecule has 26 heavy (non-hydrogen) atoms. The number of amides is 1. The lowest BCUT2D eigenvalue weighted by molar-refractivity contribution is 0.0707. The number of benzene rings is 2. The van der Waals surface area contributed by atoms with Crippen LogP contribution < -0.4 is 0 Å². The Labute approximate surface area is 162 Å². The van der Waals surface area contributed by atoms with Crippen LogP contribution in [0.1, 0.15) is 39.7 Å². The van der Waals surface area contributed by atoms with E-state index in [-0.39, 0.29) is 5.91 Å². The first kappa shape index (κ1) is 17.6. The lowest BCUT2D eigenvalue weighted by atomic mass is 9.98. The molecule has 4 rings (SSSR count). The lowest BCUT2D eigenvalue weighted by Gasteiger charge is -2.32. The maximum atomic E-state index is 12.9. The minimum absolute atomic E-state index is 0.145. The third-order valence-electron chi connectivity index (χ3n) is 4.88. The van der Waals surface area contributed by atoms with Crippen LogP contribution in [0.25, 0.3) is 10.2 Å². The zero-order valence-corrected chi connectivity index (χ0v) is 16.5. The highest BCUT2D eigenvalue weighted by Crippen LogP contribution is 2.33. The molecule has 1 aliphatic rings. The number of hydrogen-bond donors (Lipinski definition) is 0. The van der Waals surface area contributed by atoms with Crippen LogP contribution >= 0.6 is 23.1 Å². The number of fused-ring (bicyclic) bond motifs is 1. The van der Waals surface area contributed by atoms with Gasteiger partial charge in [0.1, 0.15) is 0 Å². The Morgan fingerprint density at radius 1 is 1.23 bits per heavy atom. The van der Waals surface area contributed by atoms with Gasteiger partial charge in [0.15, 0.2) is 0 Å². The molecule has 5 heteroatoms. The van der Waals surface area contributed by atoms with E-state index in [2.05, 4.69) is 36.6 Å². The molecule has 0 saturated carbocycles. The van der Waals surface area contributed by atoms with Crippen molar-refractivity contribution in [2.45, 2.75) is 24.5 Å². The standard InChI is InChI=1S/C21H22N2OS2/c1-25-14-15-8-10-16(11-9-15)21(24)23-12-4-5-17(13-23)20-22-18-6-2-3-7-19(18)26-20/h2-3,6-11,17H,4-5,12-14H2,1H3/t17-/m1/s1. The molecule has 0 radical (unpaired) electrons. The van der Waals surface area contributed by atoms with E-state index >= 15 is 0 Å². The van der Waals surface area contributed by atoms with Gasteiger partial charge >= 0.3 is 0 Å². The lowest BCUT2D eigenvalue weighted by Crippen LogP contribution is -2.39. The number of aromatic nitrogens is 1. The van der Waals surface area contributed by atoms with E-state index in [0.29, 0.717) is 5.92 Å². The number of thioether (sulfide) groups is 1. The van der Waals surface area contributed by atoms with Gasteiger partial charge < -0.3 is 4.90 Å². The van der Waals surface area contributed by atoms with Crippen molar-refractivity contribution in [3.63, 3.8) is 0 Å². The Morgan fingerprint density at radius 3 is 2.81 bits per heavy atom. The summed E-state index contributed by atoms with van der Waals surface area (Å²) in [6.07, 6.45) is 4.24. The fourth-order valence-electron chi connectivity index (χ4n) is 3.52. The average molecular weight is 383 g/mol. The summed E-state index contributed by atoms with van der Waals surface area (Å²) in [7, 11) is 0. The first-order valence-electron chi connectivity index (χ1n) is 8.97. The van der Waals surface area contributed by atoms with Gasteiger partial charge in [-0.3, -0.25) is 4.79 Å². The molecular weight excluding hydrogens is 360 g/mol. The summed E-state index contributed by atoms with van der Waals surface area (Å²) < 4.78 is 1.23. The summed E-state index contributed by atoms with van der Waals surface area (Å²) in [5.41, 5.74) is 3.13. The second-order valence-electron chi connectivity index (χ2n) is 6.74. The van der Waals surface area contributed by atoms with Crippen LogP contribution in [0.2, 0.25) is 0 Å². The molecule has 0 unspecified atom stereocenters. The Bertz CT molecular complexity index is 871. The molecule has 2 heterocycles. The van der Waals surface area contributed by atoms with Crippen LogP contribution in [0.4, 0.5) is 0 Å². The SMILES string of the molecule is CSCc1ccc(C(=O)N2CCC[C@@H](c3nc4ccccc4s3)C2)cc1. The van der Waals surface area contributed by atoms with Crippen LogP contribution in [-0.4, -0.2) is 35.1 Å². The normalized spacial score (nSPS) is 17.6. The third-order valence-corrected chi connectivity index (χ3v) is 6.70. The van der Waals surface area contributed by atoms with Gasteiger partial charge in [0.25, 0.3) is 5.91 Å². The topological polar surface area (TPSA) is 33.2 Å². The van der Waals surface area contributed by atoms with Gasteiger partial charge in [-0.05, 0) is 48.9 Å². The molecule has 1 saturated heterocycles. The maximum absolute atomic E-state index is 12.9. The molecule has 1 fully saturated rings. The van der Waals surface area contributed by atoms with Crippen LogP contribution in [0, 0.1) is 0 Å². The smallest absolute Gasteiger partial charge is 0.253 e. The number of thiazole rings is 1. The van der Waals surface area contributed by atoms with Crippen molar-refractivity contribution in [1.29, 1.82) is 0 Å². The minimum atomic E-state index is 0.145. The average Bonchev–Trinajstić information content (AvgIpc) is 3.13. The number of carbonyl (C=O) groups is 1. The van der Waals surface area contributed by atoms with Gasteiger partial charge in [-0.1, -0.05) is 24.3 Å². The first-order valence-corrected chi connectivity index (χ1v) is 11.2. The number of hydrogen-bond acceptors (Lipinski definition) is 4. The Balaban J connectivity index is 1.49. The predicted octanol–water partition coefficient (Wildman–Crippen LogP) is 5.18. The summed E-state index contributed by atoms with van der Waals surface area (Å²) >= 11 is 3.56. The third kappa shape index (κ3) is 3.64. The number of para-hydroxylation sites is 1. The molecule has 1 aromatic heterocycles. The van der Waals surface area contributed by atoms with Gasteiger partial charge in [-0.25, -0.2) is 4.98 Å². The molecule has 0 aliphatic carbocycles. The van der Waals surface area contributed by atoms with Gasteiger partial charge in [0.05, 0.1) is 15.2 Å². The highest BCUT2D eigenvalue weighted by Gasteiger charge is 2.27. The second kappa shape index (κ2) is 7.80. The van der Waals surface area contributed by atoms with E-state index < -0.39 is 0 Å². The largest absolute Gasteiger partial charge is 0.338 e. The summed E-state index contributed by atoms with van der Waals surface area (Å²) in [4.78, 5) is 19.7. The van der Waals surface area contributed by atoms with Crippen molar-refractivity contribution in [2.75, 3.05) is 19.3 Å². The van der Waals surface area contributed by atoms with Gasteiger partial charge in [0, 0.05) is 30.3 Å². The molecule has 1 atom stereocenters. The minimum Gasteiger partial charge on any atom is -0.338 e. The van der Waals surface area contributed by atoms with E-state index in [1.54, 1.807) is 23.1 Å². The van der Waals surface area contributed by atoms with Crippen molar-refractivity contribution in [3.8, 4) is 0 Å². The molecule has 134 valence electrons. The van der Waals surface area contributed by atoms with E-state index in [0.717, 1.165) is 42.8 Å². The molecule has 2 aromatic carbocycles. The molecular formula is C21H22N2OS2. The van der Waals surface area contributed by atoms with Crippen molar-refractivity contribution < 1.29 is 4.79 Å². The summed E-state index contributed by atoms with van der Waals surface area (Å²) in [6.45, 7) is 1.61. The molecule has 0 spiro atoms. The highest BCUT2D eigenvalue weighted by atomic mass is 32.2. The zero-order chi connectivity index (χ0) is 17.9. The van der Waals surface area contributed by atoms with E-state index in [1.165, 1.54) is 15.3 Å². The molecule has 1 aliphatic heterocycles. The Kier molecular flexibility index (Phi) is 5.27. The Morgan fingerprint density at radius 2 is 2.04 bits per heavy atom. The molecule has 0 bridgehead atoms. The van der Waals surface area contributed by atoms with Crippen LogP contribution in [0.15, 0.2) is 48.5 Å². The van der Waals surface area contributed by atoms with E-state index in [4.69, 9.17) is 4.98 Å². The number of rotatable bonds is 4. The molecule has 3 nitrogen and oxygen atoms in total. The van der Waals surface area contributed by atoms with Gasteiger partial charge in [0.2, 0.25) is 0 Å². The maximum Gasteiger partial charge on any atom is 0.253 e. The van der Waals surface area contributed by atoms with Crippen LogP contribution in [-0.2, 0) is 5.75 Å². The predicted molar refractivity (Wildman–Crippen MR) is 111 cm³/mol. The van der Waals surface area contributed by atoms with E-state index in [1.807, 2.05) is 23.1 Å². The fraction of sp³-hybridized carbons (Fsp3) is 0.333. The van der Waals surface area contributed by atoms with Crippen molar-refractivity contribution in [1.82, 2.24) is 9.88 Å². The van der Waals surface area contributed by atoms with Crippen LogP contribution in [0.5, 0.6) is 0 Å². The second-order valence-corrected chi connectivity index (χ2v) is 8.67. The summed E-state index contributed by atoms with van der Waals surface area (Å²) in [5.74, 6) is 1.48. The first-order chi connectivity index (χ1) is 12.7. The zero-order valence-electron chi connectivity index (χ0n) is 14.9. The highest BCUT2D eigenvalue weighted by molar-refractivity contribution is 7.97. The monoisotopic (exact) mass is 382 g/mol. The van der Waals surface area contributed by atoms with Gasteiger partial charge in [-0.2, -0.15) is 11.8 Å². The number of carbonyl (C=O) groups excluding carboxylic acids is 1. The van der Waals surface area contributed by atoms with Gasteiger partial charge in [-0.15, -0.1) is 11.3 Å². The van der Waals surface area contributed by atoms with Crippen LogP contribution in [0.3, 0.4) is 0 Å². The molecule has 0 N–H and O–H groups in total. The van der Waals surface area contributed by atoms with Crippen molar-refractivity contribution >= 4 is 39.2 Å². The van der Waals surface area contributed by atoms with E-state index in [9.17, 15) is 4.79 Å². The fourth-order valence-corrected chi connectivity index (χ4v) is 5.14. The number of piperidine rings is 1. The molecule has 1 amide bonds. The Hall–Kier alpha value is -1.85. The quantitative estimate of drug-likeness (QED) is 0.623. The number of nitrogens with zero attached hydrogens (tertiary/aromatic N) is 2. The van der Waals surface area contributed by atoms with Crippen molar-refractivity contribution in [2.24, 2.45) is 0 Å². The number of likely N-dealkylation sites (tertiary alicyclic amines) is 1. The summed E-state index contributed by atoms with van der Waals surface area (Å²) in [5, 5.41) is 1.17. The molecule has 3 aromatic rings.